The van der Waals surface area contributed by atoms with Gasteiger partial charge in [0.2, 0.25) is 0 Å². The van der Waals surface area contributed by atoms with Crippen molar-refractivity contribution in [2.75, 3.05) is 6.54 Å². The Morgan fingerprint density at radius 1 is 1.05 bits per heavy atom. The Hall–Kier alpha value is -1.68. The van der Waals surface area contributed by atoms with Crippen LogP contribution in [0.15, 0.2) is 18.2 Å². The van der Waals surface area contributed by atoms with Crippen molar-refractivity contribution in [1.29, 1.82) is 0 Å². The minimum Gasteiger partial charge on any atom is -0.302 e. The van der Waals surface area contributed by atoms with Crippen molar-refractivity contribution in [2.45, 2.75) is 25.8 Å². The number of benzene rings is 1. The topological polar surface area (TPSA) is 12.0 Å². The van der Waals surface area contributed by atoms with Crippen LogP contribution >= 0.6 is 0 Å². The van der Waals surface area contributed by atoms with E-state index in [1.807, 2.05) is 0 Å². The van der Waals surface area contributed by atoms with Crippen molar-refractivity contribution < 1.29 is 26.3 Å². The number of nitrogens with one attached hydrogen (secondary N) is 1. The van der Waals surface area contributed by atoms with E-state index in [2.05, 4.69) is 17.2 Å². The molecule has 0 radical (unpaired) electrons. The first-order valence-corrected chi connectivity index (χ1v) is 5.54. The lowest BCUT2D eigenvalue weighted by Crippen LogP contribution is -2.19. The molecular formula is C13H11F6N. The molecule has 0 aromatic heterocycles. The van der Waals surface area contributed by atoms with Gasteiger partial charge in [-0.25, -0.2) is 0 Å². The molecule has 1 aromatic carbocycles. The molecule has 0 aliphatic rings. The van der Waals surface area contributed by atoms with Crippen molar-refractivity contribution in [3.63, 3.8) is 0 Å². The van der Waals surface area contributed by atoms with Crippen LogP contribution in [0.4, 0.5) is 26.3 Å². The van der Waals surface area contributed by atoms with E-state index in [9.17, 15) is 26.3 Å². The summed E-state index contributed by atoms with van der Waals surface area (Å²) in [4.78, 5) is 0. The lowest BCUT2D eigenvalue weighted by atomic mass is 10.0. The van der Waals surface area contributed by atoms with Gasteiger partial charge in [0, 0.05) is 6.54 Å². The van der Waals surface area contributed by atoms with Gasteiger partial charge in [-0.1, -0.05) is 12.0 Å². The molecule has 1 nitrogen and oxygen atoms in total. The number of hydrogen-bond acceptors (Lipinski definition) is 1. The molecule has 20 heavy (non-hydrogen) atoms. The third kappa shape index (κ3) is 4.46. The number of hydrogen-bond donors (Lipinski definition) is 1. The van der Waals surface area contributed by atoms with Gasteiger partial charge in [-0.2, -0.15) is 26.3 Å². The minimum atomic E-state index is -4.84. The summed E-state index contributed by atoms with van der Waals surface area (Å²) in [6, 6.07) is 1.60. The van der Waals surface area contributed by atoms with Gasteiger partial charge in [-0.15, -0.1) is 5.92 Å². The lowest BCUT2D eigenvalue weighted by molar-refractivity contribution is -0.143. The summed E-state index contributed by atoms with van der Waals surface area (Å²) >= 11 is 0. The molecule has 0 spiro atoms. The zero-order valence-electron chi connectivity index (χ0n) is 10.4. The Morgan fingerprint density at radius 2 is 1.70 bits per heavy atom. The lowest BCUT2D eigenvalue weighted by Gasteiger charge is -2.16. The summed E-state index contributed by atoms with van der Waals surface area (Å²) in [5.74, 6) is 5.13. The molecule has 0 bridgehead atoms. The Labute approximate surface area is 112 Å². The van der Waals surface area contributed by atoms with Crippen molar-refractivity contribution in [3.05, 3.63) is 34.9 Å². The van der Waals surface area contributed by atoms with E-state index in [-0.39, 0.29) is 24.7 Å². The van der Waals surface area contributed by atoms with Crippen LogP contribution in [-0.2, 0) is 18.9 Å². The molecule has 0 unspecified atom stereocenters. The highest BCUT2D eigenvalue weighted by Gasteiger charge is 2.37. The quantitative estimate of drug-likeness (QED) is 0.507. The largest absolute Gasteiger partial charge is 0.416 e. The molecule has 110 valence electrons. The van der Waals surface area contributed by atoms with Gasteiger partial charge >= 0.3 is 12.4 Å². The summed E-state index contributed by atoms with van der Waals surface area (Å²) in [7, 11) is 0. The van der Waals surface area contributed by atoms with Gasteiger partial charge in [0.15, 0.2) is 0 Å². The van der Waals surface area contributed by atoms with Gasteiger partial charge in [0.1, 0.15) is 0 Å². The summed E-state index contributed by atoms with van der Waals surface area (Å²) in [6.45, 7) is 1.53. The molecular weight excluding hydrogens is 284 g/mol. The second-order valence-corrected chi connectivity index (χ2v) is 3.90. The average molecular weight is 295 g/mol. The zero-order chi connectivity index (χ0) is 15.4. The third-order valence-electron chi connectivity index (χ3n) is 2.45. The SMILES string of the molecule is CC#CCNCc1ccc(C(F)(F)F)cc1C(F)(F)F. The van der Waals surface area contributed by atoms with Crippen LogP contribution in [0.25, 0.3) is 0 Å². The molecule has 0 aliphatic carbocycles. The van der Waals surface area contributed by atoms with Gasteiger partial charge < -0.3 is 5.32 Å². The van der Waals surface area contributed by atoms with Crippen molar-refractivity contribution in [1.82, 2.24) is 5.32 Å². The van der Waals surface area contributed by atoms with Crippen molar-refractivity contribution in [2.24, 2.45) is 0 Å². The average Bonchev–Trinajstić information content (AvgIpc) is 2.32. The van der Waals surface area contributed by atoms with Crippen molar-refractivity contribution in [3.8, 4) is 11.8 Å². The van der Waals surface area contributed by atoms with Gasteiger partial charge in [-0.3, -0.25) is 0 Å². The third-order valence-corrected chi connectivity index (χ3v) is 2.45. The van der Waals surface area contributed by atoms with E-state index >= 15 is 0 Å². The number of rotatable bonds is 3. The molecule has 0 amide bonds. The predicted octanol–water partition coefficient (Wildman–Crippen LogP) is 3.84. The van der Waals surface area contributed by atoms with Gasteiger partial charge in [0.05, 0.1) is 17.7 Å². The Kier molecular flexibility index (Phi) is 5.06. The maximum Gasteiger partial charge on any atom is 0.416 e. The highest BCUT2D eigenvalue weighted by Crippen LogP contribution is 2.37. The van der Waals surface area contributed by atoms with Crippen LogP contribution in [0, 0.1) is 11.8 Å². The van der Waals surface area contributed by atoms with E-state index in [0.29, 0.717) is 6.07 Å². The molecule has 7 heteroatoms. The molecule has 0 saturated heterocycles. The fraction of sp³-hybridized carbons (Fsp3) is 0.385. The first-order chi connectivity index (χ1) is 9.16. The molecule has 1 rings (SSSR count). The standard InChI is InChI=1S/C13H11F6N/c1-2-3-6-20-8-9-4-5-10(12(14,15)16)7-11(9)13(17,18)19/h4-5,7,20H,6,8H2,1H3. The summed E-state index contributed by atoms with van der Waals surface area (Å²) in [5.41, 5.74) is -2.85. The summed E-state index contributed by atoms with van der Waals surface area (Å²) < 4.78 is 75.6. The fourth-order valence-electron chi connectivity index (χ4n) is 1.52. The minimum absolute atomic E-state index is 0.127. The highest BCUT2D eigenvalue weighted by molar-refractivity contribution is 5.35. The molecule has 0 aliphatic heterocycles. The highest BCUT2D eigenvalue weighted by atomic mass is 19.4. The molecule has 1 aromatic rings. The Balaban J connectivity index is 3.07. The Morgan fingerprint density at radius 3 is 2.20 bits per heavy atom. The van der Waals surface area contributed by atoms with E-state index < -0.39 is 23.5 Å². The second-order valence-electron chi connectivity index (χ2n) is 3.90. The first-order valence-electron chi connectivity index (χ1n) is 5.54. The molecule has 0 heterocycles. The normalized spacial score (nSPS) is 11.9. The Bertz CT molecular complexity index is 518. The van der Waals surface area contributed by atoms with E-state index in [4.69, 9.17) is 0 Å². The monoisotopic (exact) mass is 295 g/mol. The second kappa shape index (κ2) is 6.18. The number of halogens is 6. The molecule has 1 N–H and O–H groups in total. The van der Waals surface area contributed by atoms with Crippen LogP contribution in [0.2, 0.25) is 0 Å². The van der Waals surface area contributed by atoms with Crippen LogP contribution < -0.4 is 5.32 Å². The first kappa shape index (κ1) is 16.4. The predicted molar refractivity (Wildman–Crippen MR) is 61.6 cm³/mol. The maximum atomic E-state index is 12.8. The smallest absolute Gasteiger partial charge is 0.302 e. The summed E-state index contributed by atoms with van der Waals surface area (Å²) in [6.07, 6.45) is -9.64. The molecule has 0 atom stereocenters. The number of alkyl halides is 6. The van der Waals surface area contributed by atoms with Gasteiger partial charge in [0.25, 0.3) is 0 Å². The fourth-order valence-corrected chi connectivity index (χ4v) is 1.52. The van der Waals surface area contributed by atoms with Crippen LogP contribution in [-0.4, -0.2) is 6.54 Å². The molecule has 0 saturated carbocycles. The zero-order valence-corrected chi connectivity index (χ0v) is 10.4. The van der Waals surface area contributed by atoms with Crippen LogP contribution in [0.5, 0.6) is 0 Å². The maximum absolute atomic E-state index is 12.8. The molecule has 0 fully saturated rings. The van der Waals surface area contributed by atoms with E-state index in [0.717, 1.165) is 6.07 Å². The van der Waals surface area contributed by atoms with Gasteiger partial charge in [-0.05, 0) is 24.6 Å². The summed E-state index contributed by atoms with van der Waals surface area (Å²) in [5, 5.41) is 2.62. The van der Waals surface area contributed by atoms with Crippen LogP contribution in [0.3, 0.4) is 0 Å². The van der Waals surface area contributed by atoms with Crippen LogP contribution in [0.1, 0.15) is 23.6 Å². The van der Waals surface area contributed by atoms with E-state index in [1.165, 1.54) is 0 Å². The van der Waals surface area contributed by atoms with E-state index in [1.54, 1.807) is 6.92 Å². The van der Waals surface area contributed by atoms with Crippen molar-refractivity contribution >= 4 is 0 Å².